The van der Waals surface area contributed by atoms with E-state index in [4.69, 9.17) is 5.26 Å². The molecule has 0 aliphatic carbocycles. The molecular formula is C13H19N3. The Kier molecular flexibility index (Phi) is 4.45. The third-order valence-corrected chi connectivity index (χ3v) is 2.69. The molecule has 1 heterocycles. The highest BCUT2D eigenvalue weighted by Crippen LogP contribution is 2.18. The molecule has 0 saturated carbocycles. The molecule has 0 spiro atoms. The van der Waals surface area contributed by atoms with Crippen molar-refractivity contribution in [1.82, 2.24) is 10.3 Å². The monoisotopic (exact) mass is 217 g/mol. The summed E-state index contributed by atoms with van der Waals surface area (Å²) in [5.74, 6) is 0. The first-order valence-corrected chi connectivity index (χ1v) is 5.60. The zero-order chi connectivity index (χ0) is 12.0. The Morgan fingerprint density at radius 2 is 2.31 bits per heavy atom. The fraction of sp³-hybridized carbons (Fsp3) is 0.538. The van der Waals surface area contributed by atoms with E-state index < -0.39 is 0 Å². The number of rotatable bonds is 5. The van der Waals surface area contributed by atoms with Crippen LogP contribution in [-0.2, 0) is 0 Å². The van der Waals surface area contributed by atoms with Crippen LogP contribution in [0, 0.1) is 16.7 Å². The predicted molar refractivity (Wildman–Crippen MR) is 64.7 cm³/mol. The SMILES string of the molecule is C[C@@H](NCCC(C)(C)C#N)c1cccnc1. The Bertz CT molecular complexity index is 351. The van der Waals surface area contributed by atoms with Gasteiger partial charge in [0.15, 0.2) is 0 Å². The van der Waals surface area contributed by atoms with E-state index in [0.29, 0.717) is 0 Å². The quantitative estimate of drug-likeness (QED) is 0.825. The summed E-state index contributed by atoms with van der Waals surface area (Å²) in [6, 6.07) is 6.58. The topological polar surface area (TPSA) is 48.7 Å². The highest BCUT2D eigenvalue weighted by atomic mass is 14.9. The molecule has 0 aliphatic rings. The smallest absolute Gasteiger partial charge is 0.0684 e. The van der Waals surface area contributed by atoms with Crippen LogP contribution in [0.15, 0.2) is 24.5 Å². The lowest BCUT2D eigenvalue weighted by Crippen LogP contribution is -2.24. The van der Waals surface area contributed by atoms with Crippen molar-refractivity contribution >= 4 is 0 Å². The van der Waals surface area contributed by atoms with Crippen LogP contribution in [-0.4, -0.2) is 11.5 Å². The van der Waals surface area contributed by atoms with E-state index in [1.54, 1.807) is 6.20 Å². The number of nitrogens with zero attached hydrogens (tertiary/aromatic N) is 2. The van der Waals surface area contributed by atoms with Gasteiger partial charge in [-0.1, -0.05) is 6.07 Å². The van der Waals surface area contributed by atoms with Gasteiger partial charge in [0, 0.05) is 18.4 Å². The fourth-order valence-electron chi connectivity index (χ4n) is 1.41. The van der Waals surface area contributed by atoms with Gasteiger partial charge in [-0.05, 0) is 45.4 Å². The van der Waals surface area contributed by atoms with Crippen LogP contribution in [0.2, 0.25) is 0 Å². The Morgan fingerprint density at radius 3 is 2.88 bits per heavy atom. The van der Waals surface area contributed by atoms with Crippen molar-refractivity contribution in [3.8, 4) is 6.07 Å². The number of nitriles is 1. The van der Waals surface area contributed by atoms with Gasteiger partial charge in [-0.2, -0.15) is 5.26 Å². The Labute approximate surface area is 97.5 Å². The minimum Gasteiger partial charge on any atom is -0.310 e. The maximum atomic E-state index is 8.89. The van der Waals surface area contributed by atoms with E-state index in [1.165, 1.54) is 5.56 Å². The third kappa shape index (κ3) is 4.00. The van der Waals surface area contributed by atoms with Crippen LogP contribution in [0.4, 0.5) is 0 Å². The maximum Gasteiger partial charge on any atom is 0.0684 e. The molecule has 0 aliphatic heterocycles. The van der Waals surface area contributed by atoms with Crippen LogP contribution < -0.4 is 5.32 Å². The molecule has 0 aromatic carbocycles. The summed E-state index contributed by atoms with van der Waals surface area (Å²) >= 11 is 0. The van der Waals surface area contributed by atoms with E-state index in [9.17, 15) is 0 Å². The van der Waals surface area contributed by atoms with Crippen LogP contribution >= 0.6 is 0 Å². The summed E-state index contributed by atoms with van der Waals surface area (Å²) in [7, 11) is 0. The van der Waals surface area contributed by atoms with Crippen molar-refractivity contribution in [3.05, 3.63) is 30.1 Å². The Hall–Kier alpha value is -1.40. The molecule has 1 atom stereocenters. The summed E-state index contributed by atoms with van der Waals surface area (Å²) in [6.45, 7) is 6.87. The lowest BCUT2D eigenvalue weighted by molar-refractivity contribution is 0.416. The van der Waals surface area contributed by atoms with Gasteiger partial charge in [-0.15, -0.1) is 0 Å². The van der Waals surface area contributed by atoms with Gasteiger partial charge in [0.2, 0.25) is 0 Å². The molecule has 0 radical (unpaired) electrons. The van der Waals surface area contributed by atoms with Crippen molar-refractivity contribution in [2.45, 2.75) is 33.2 Å². The van der Waals surface area contributed by atoms with Gasteiger partial charge < -0.3 is 5.32 Å². The summed E-state index contributed by atoms with van der Waals surface area (Å²) < 4.78 is 0. The molecule has 86 valence electrons. The van der Waals surface area contributed by atoms with Gasteiger partial charge in [0.1, 0.15) is 0 Å². The lowest BCUT2D eigenvalue weighted by atomic mass is 9.91. The van der Waals surface area contributed by atoms with Gasteiger partial charge >= 0.3 is 0 Å². The fourth-order valence-corrected chi connectivity index (χ4v) is 1.41. The summed E-state index contributed by atoms with van der Waals surface area (Å²) in [5, 5.41) is 12.3. The average molecular weight is 217 g/mol. The van der Waals surface area contributed by atoms with Crippen LogP contribution in [0.5, 0.6) is 0 Å². The van der Waals surface area contributed by atoms with Crippen molar-refractivity contribution in [1.29, 1.82) is 5.26 Å². The molecule has 0 fully saturated rings. The molecule has 1 rings (SSSR count). The first-order valence-electron chi connectivity index (χ1n) is 5.60. The summed E-state index contributed by atoms with van der Waals surface area (Å²) in [6.07, 6.45) is 4.50. The molecule has 1 aromatic heterocycles. The Balaban J connectivity index is 2.38. The summed E-state index contributed by atoms with van der Waals surface area (Å²) in [5.41, 5.74) is 0.930. The van der Waals surface area contributed by atoms with E-state index in [2.05, 4.69) is 29.4 Å². The van der Waals surface area contributed by atoms with Crippen molar-refractivity contribution in [2.75, 3.05) is 6.54 Å². The number of hydrogen-bond acceptors (Lipinski definition) is 3. The molecule has 0 bridgehead atoms. The van der Waals surface area contributed by atoms with E-state index in [0.717, 1.165) is 13.0 Å². The Morgan fingerprint density at radius 1 is 1.56 bits per heavy atom. The van der Waals surface area contributed by atoms with E-state index in [1.807, 2.05) is 26.1 Å². The van der Waals surface area contributed by atoms with Gasteiger partial charge in [0.25, 0.3) is 0 Å². The van der Waals surface area contributed by atoms with E-state index in [-0.39, 0.29) is 11.5 Å². The standard InChI is InChI=1S/C13H19N3/c1-11(12-5-4-7-15-9-12)16-8-6-13(2,3)10-14/h4-5,7,9,11,16H,6,8H2,1-3H3/t11-/m1/s1. The predicted octanol–water partition coefficient (Wildman–Crippen LogP) is 2.67. The number of nitrogens with one attached hydrogen (secondary N) is 1. The average Bonchev–Trinajstić information content (AvgIpc) is 2.30. The summed E-state index contributed by atoms with van der Waals surface area (Å²) in [4.78, 5) is 4.09. The molecule has 0 amide bonds. The van der Waals surface area contributed by atoms with Gasteiger partial charge in [0.05, 0.1) is 11.5 Å². The number of pyridine rings is 1. The molecule has 0 unspecified atom stereocenters. The van der Waals surface area contributed by atoms with E-state index >= 15 is 0 Å². The van der Waals surface area contributed by atoms with Gasteiger partial charge in [-0.25, -0.2) is 0 Å². The number of aromatic nitrogens is 1. The first kappa shape index (κ1) is 12.7. The van der Waals surface area contributed by atoms with Crippen molar-refractivity contribution in [2.24, 2.45) is 5.41 Å². The largest absolute Gasteiger partial charge is 0.310 e. The normalized spacial score (nSPS) is 13.1. The molecule has 16 heavy (non-hydrogen) atoms. The molecule has 0 saturated heterocycles. The molecule has 3 nitrogen and oxygen atoms in total. The van der Waals surface area contributed by atoms with Crippen molar-refractivity contribution < 1.29 is 0 Å². The third-order valence-electron chi connectivity index (χ3n) is 2.69. The van der Waals surface area contributed by atoms with Crippen molar-refractivity contribution in [3.63, 3.8) is 0 Å². The van der Waals surface area contributed by atoms with Crippen LogP contribution in [0.1, 0.15) is 38.8 Å². The lowest BCUT2D eigenvalue weighted by Gasteiger charge is -2.18. The maximum absolute atomic E-state index is 8.89. The number of hydrogen-bond donors (Lipinski definition) is 1. The molecule has 3 heteroatoms. The molecule has 1 aromatic rings. The first-order chi connectivity index (χ1) is 7.55. The second-order valence-electron chi connectivity index (χ2n) is 4.71. The van der Waals surface area contributed by atoms with Crippen LogP contribution in [0.3, 0.4) is 0 Å². The zero-order valence-corrected chi connectivity index (χ0v) is 10.2. The van der Waals surface area contributed by atoms with Crippen LogP contribution in [0.25, 0.3) is 0 Å². The highest BCUT2D eigenvalue weighted by Gasteiger charge is 2.16. The second kappa shape index (κ2) is 5.62. The minimum absolute atomic E-state index is 0.248. The highest BCUT2D eigenvalue weighted by molar-refractivity contribution is 5.12. The molecular weight excluding hydrogens is 198 g/mol. The van der Waals surface area contributed by atoms with Gasteiger partial charge in [-0.3, -0.25) is 4.98 Å². The minimum atomic E-state index is -0.248. The zero-order valence-electron chi connectivity index (χ0n) is 10.2. The second-order valence-corrected chi connectivity index (χ2v) is 4.71. The molecule has 1 N–H and O–H groups in total.